The van der Waals surface area contributed by atoms with Gasteiger partial charge in [-0.15, -0.1) is 0 Å². The van der Waals surface area contributed by atoms with Crippen molar-refractivity contribution in [1.82, 2.24) is 0 Å². The molecule has 170 valence electrons. The molecular weight excluding hydrogens is 412 g/mol. The molecule has 0 amide bonds. The smallest absolute Gasteiger partial charge is 0.261 e. The van der Waals surface area contributed by atoms with Crippen molar-refractivity contribution in [3.8, 4) is 0 Å². The summed E-state index contributed by atoms with van der Waals surface area (Å²) in [6.45, 7) is 6.18. The van der Waals surface area contributed by atoms with Gasteiger partial charge in [0.15, 0.2) is 0 Å². The third-order valence-corrected chi connectivity index (χ3v) is 11.1. The molecule has 2 aromatic carbocycles. The highest BCUT2D eigenvalue weighted by molar-refractivity contribution is 6.99. The number of rotatable bonds is 7. The molecule has 2 aromatic rings. The van der Waals surface area contributed by atoms with Crippen LogP contribution in [0.1, 0.15) is 27.2 Å². The second-order valence-corrected chi connectivity index (χ2v) is 13.5. The topological polar surface area (TPSA) is 99.4 Å². The Morgan fingerprint density at radius 2 is 1.52 bits per heavy atom. The number of aliphatic hydroxyl groups is 4. The van der Waals surface area contributed by atoms with E-state index in [0.29, 0.717) is 0 Å². The fourth-order valence-electron chi connectivity index (χ4n) is 4.50. The lowest BCUT2D eigenvalue weighted by molar-refractivity contribution is -0.209. The Morgan fingerprint density at radius 1 is 1.00 bits per heavy atom. The molecule has 1 heterocycles. The van der Waals surface area contributed by atoms with Crippen LogP contribution in [0.5, 0.6) is 0 Å². The van der Waals surface area contributed by atoms with Gasteiger partial charge in [-0.05, 0) is 15.4 Å². The minimum atomic E-state index is -2.77. The molecule has 0 bridgehead atoms. The molecule has 1 fully saturated rings. The van der Waals surface area contributed by atoms with Crippen LogP contribution in [0, 0.1) is 0 Å². The van der Waals surface area contributed by atoms with Gasteiger partial charge in [-0.25, -0.2) is 0 Å². The standard InChI is InChI=1S/C24H34O6Si/c1-24(2,3)31(18-10-6-4-7-11-18,19-12-8-5-9-13-19)29-16-17-14-20(26)22(28)23(30-17)21(27)15-25/h4-13,17,20-23,25-28H,14-16H2,1-3H3/t17-,20-,21+,22-,23+/m0/s1. The summed E-state index contributed by atoms with van der Waals surface area (Å²) in [7, 11) is -2.77. The van der Waals surface area contributed by atoms with E-state index in [-0.39, 0.29) is 18.1 Å². The fourth-order valence-corrected chi connectivity index (χ4v) is 9.09. The lowest BCUT2D eigenvalue weighted by Crippen LogP contribution is -2.67. The minimum Gasteiger partial charge on any atom is -0.405 e. The molecule has 1 aliphatic rings. The first-order chi connectivity index (χ1) is 14.7. The van der Waals surface area contributed by atoms with E-state index >= 15 is 0 Å². The molecule has 1 aliphatic heterocycles. The number of aliphatic hydroxyl groups excluding tert-OH is 4. The first-order valence-corrected chi connectivity index (χ1v) is 12.7. The third kappa shape index (κ3) is 4.93. The van der Waals surface area contributed by atoms with Crippen LogP contribution in [0.4, 0.5) is 0 Å². The second kappa shape index (κ2) is 9.91. The Morgan fingerprint density at radius 3 is 1.97 bits per heavy atom. The summed E-state index contributed by atoms with van der Waals surface area (Å²) in [6.07, 6.45) is -5.00. The lowest BCUT2D eigenvalue weighted by Gasteiger charge is -2.45. The van der Waals surface area contributed by atoms with Crippen LogP contribution in [0.3, 0.4) is 0 Å². The lowest BCUT2D eigenvalue weighted by atomic mass is 9.95. The quantitative estimate of drug-likeness (QED) is 0.470. The van der Waals surface area contributed by atoms with Crippen molar-refractivity contribution >= 4 is 18.7 Å². The molecule has 0 saturated carbocycles. The van der Waals surface area contributed by atoms with Crippen LogP contribution < -0.4 is 10.4 Å². The Kier molecular flexibility index (Phi) is 7.70. The maximum atomic E-state index is 10.3. The first kappa shape index (κ1) is 24.1. The average molecular weight is 447 g/mol. The van der Waals surface area contributed by atoms with E-state index in [1.165, 1.54) is 0 Å². The molecule has 6 nitrogen and oxygen atoms in total. The minimum absolute atomic E-state index is 0.189. The Bertz CT molecular complexity index is 770. The second-order valence-electron chi connectivity index (χ2n) is 9.24. The van der Waals surface area contributed by atoms with Gasteiger partial charge in [-0.1, -0.05) is 81.4 Å². The van der Waals surface area contributed by atoms with E-state index in [1.54, 1.807) is 0 Å². The number of hydrogen-bond donors (Lipinski definition) is 4. The number of benzene rings is 2. The molecule has 4 N–H and O–H groups in total. The van der Waals surface area contributed by atoms with Crippen molar-refractivity contribution in [2.24, 2.45) is 0 Å². The van der Waals surface area contributed by atoms with Gasteiger partial charge in [0, 0.05) is 6.42 Å². The van der Waals surface area contributed by atoms with Crippen LogP contribution in [0.25, 0.3) is 0 Å². The third-order valence-electron chi connectivity index (χ3n) is 6.05. The molecular formula is C24H34O6Si. The Hall–Kier alpha value is -1.58. The van der Waals surface area contributed by atoms with Crippen LogP contribution in [0.2, 0.25) is 5.04 Å². The monoisotopic (exact) mass is 446 g/mol. The van der Waals surface area contributed by atoms with Crippen molar-refractivity contribution in [3.05, 3.63) is 60.7 Å². The molecule has 0 aromatic heterocycles. The summed E-state index contributed by atoms with van der Waals surface area (Å²) in [4.78, 5) is 0. The van der Waals surface area contributed by atoms with E-state index in [2.05, 4.69) is 45.0 Å². The molecule has 7 heteroatoms. The predicted octanol–water partition coefficient (Wildman–Crippen LogP) is 0.796. The largest absolute Gasteiger partial charge is 0.405 e. The van der Waals surface area contributed by atoms with Crippen LogP contribution in [0.15, 0.2) is 60.7 Å². The number of ether oxygens (including phenoxy) is 1. The summed E-state index contributed by atoms with van der Waals surface area (Å²) in [6, 6.07) is 20.4. The highest BCUT2D eigenvalue weighted by Gasteiger charge is 2.51. The predicted molar refractivity (Wildman–Crippen MR) is 122 cm³/mol. The van der Waals surface area contributed by atoms with Crippen LogP contribution in [-0.2, 0) is 9.16 Å². The highest BCUT2D eigenvalue weighted by Crippen LogP contribution is 2.37. The molecule has 0 spiro atoms. The summed E-state index contributed by atoms with van der Waals surface area (Å²) in [5, 5.41) is 41.9. The van der Waals surface area contributed by atoms with Crippen LogP contribution >= 0.6 is 0 Å². The summed E-state index contributed by atoms with van der Waals surface area (Å²) in [5.41, 5.74) is 0. The molecule has 0 aliphatic carbocycles. The summed E-state index contributed by atoms with van der Waals surface area (Å²) >= 11 is 0. The highest BCUT2D eigenvalue weighted by atomic mass is 28.4. The summed E-state index contributed by atoms with van der Waals surface area (Å²) < 4.78 is 12.7. The van der Waals surface area contributed by atoms with Gasteiger partial charge < -0.3 is 29.6 Å². The molecule has 0 unspecified atom stereocenters. The molecule has 3 rings (SSSR count). The maximum absolute atomic E-state index is 10.3. The van der Waals surface area contributed by atoms with E-state index < -0.39 is 45.4 Å². The normalized spacial score (nSPS) is 25.9. The SMILES string of the molecule is CC(C)(C)[Si](OC[C@@H]1C[C@H](O)[C@H](O)[C@@H]([C@H](O)CO)O1)(c1ccccc1)c1ccccc1. The maximum Gasteiger partial charge on any atom is 0.261 e. The van der Waals surface area contributed by atoms with Crippen molar-refractivity contribution in [2.75, 3.05) is 13.2 Å². The van der Waals surface area contributed by atoms with Crippen molar-refractivity contribution in [1.29, 1.82) is 0 Å². The molecule has 5 atom stereocenters. The van der Waals surface area contributed by atoms with E-state index in [0.717, 1.165) is 10.4 Å². The van der Waals surface area contributed by atoms with Gasteiger partial charge >= 0.3 is 0 Å². The van der Waals surface area contributed by atoms with Gasteiger partial charge in [-0.3, -0.25) is 0 Å². The van der Waals surface area contributed by atoms with Crippen molar-refractivity contribution in [3.63, 3.8) is 0 Å². The Labute approximate surface area is 185 Å². The zero-order valence-electron chi connectivity index (χ0n) is 18.4. The molecule has 0 radical (unpaired) electrons. The van der Waals surface area contributed by atoms with Crippen molar-refractivity contribution < 1.29 is 29.6 Å². The van der Waals surface area contributed by atoms with Gasteiger partial charge in [-0.2, -0.15) is 0 Å². The van der Waals surface area contributed by atoms with Gasteiger partial charge in [0.1, 0.15) is 18.3 Å². The van der Waals surface area contributed by atoms with E-state index in [9.17, 15) is 20.4 Å². The van der Waals surface area contributed by atoms with E-state index in [1.807, 2.05) is 36.4 Å². The Balaban J connectivity index is 1.95. The first-order valence-electron chi connectivity index (χ1n) is 10.8. The fraction of sp³-hybridized carbons (Fsp3) is 0.500. The summed E-state index contributed by atoms with van der Waals surface area (Å²) in [5.74, 6) is 0. The van der Waals surface area contributed by atoms with Crippen molar-refractivity contribution in [2.45, 2.75) is 62.8 Å². The average Bonchev–Trinajstić information content (AvgIpc) is 2.76. The van der Waals surface area contributed by atoms with Crippen LogP contribution in [-0.4, -0.2) is 72.5 Å². The molecule has 31 heavy (non-hydrogen) atoms. The van der Waals surface area contributed by atoms with Gasteiger partial charge in [0.2, 0.25) is 0 Å². The number of hydrogen-bond acceptors (Lipinski definition) is 6. The zero-order chi connectivity index (χ0) is 22.6. The molecule has 1 saturated heterocycles. The zero-order valence-corrected chi connectivity index (χ0v) is 19.4. The van der Waals surface area contributed by atoms with E-state index in [4.69, 9.17) is 9.16 Å². The van der Waals surface area contributed by atoms with Gasteiger partial charge in [0.25, 0.3) is 8.32 Å². The van der Waals surface area contributed by atoms with Gasteiger partial charge in [0.05, 0.1) is 25.4 Å².